The second kappa shape index (κ2) is 9.71. The fraction of sp³-hybridized carbons (Fsp3) is 0.222. The maximum Gasteiger partial charge on any atom is 0.247 e. The summed E-state index contributed by atoms with van der Waals surface area (Å²) in [5.74, 6) is 0.757. The first kappa shape index (κ1) is 23.4. The van der Waals surface area contributed by atoms with Crippen LogP contribution < -0.4 is 20.3 Å². The molecule has 9 heteroatoms. The Balaban J connectivity index is 1.48. The number of methoxy groups -OCH3 is 1. The van der Waals surface area contributed by atoms with Crippen LogP contribution in [0.3, 0.4) is 0 Å². The number of H-pyrrole nitrogens is 1. The maximum absolute atomic E-state index is 12.2. The number of hydrogen-bond donors (Lipinski definition) is 3. The minimum Gasteiger partial charge on any atom is -0.494 e. The first-order chi connectivity index (χ1) is 17.5. The van der Waals surface area contributed by atoms with E-state index in [4.69, 9.17) is 9.72 Å². The molecule has 2 aromatic heterocycles. The zero-order valence-electron chi connectivity index (χ0n) is 20.6. The summed E-state index contributed by atoms with van der Waals surface area (Å²) in [7, 11) is 5.76. The molecule has 4 aromatic rings. The zero-order valence-corrected chi connectivity index (χ0v) is 20.6. The van der Waals surface area contributed by atoms with E-state index in [1.165, 1.54) is 6.08 Å². The molecule has 1 saturated heterocycles. The number of carbonyl (C=O) groups excluding carboxylic acids is 1. The average molecular weight is 484 g/mol. The number of amides is 1. The third-order valence-electron chi connectivity index (χ3n) is 6.46. The summed E-state index contributed by atoms with van der Waals surface area (Å²) < 4.78 is 5.70. The van der Waals surface area contributed by atoms with E-state index in [1.54, 1.807) is 13.3 Å². The number of para-hydroxylation sites is 1. The number of carbonyl (C=O) groups is 1. The number of hydrogen-bond acceptors (Lipinski definition) is 7. The number of nitrogens with zero attached hydrogens (tertiary/aromatic N) is 4. The predicted molar refractivity (Wildman–Crippen MR) is 144 cm³/mol. The van der Waals surface area contributed by atoms with Gasteiger partial charge in [0, 0.05) is 54.1 Å². The Bertz CT molecular complexity index is 1420. The van der Waals surface area contributed by atoms with Gasteiger partial charge in [0.25, 0.3) is 0 Å². The second-order valence-corrected chi connectivity index (χ2v) is 8.92. The van der Waals surface area contributed by atoms with Crippen molar-refractivity contribution < 1.29 is 9.53 Å². The van der Waals surface area contributed by atoms with Gasteiger partial charge in [-0.05, 0) is 38.4 Å². The standard InChI is InChI=1S/C27H29N7O2/c1-5-26(35)30-22-12-23(25(36-4)13-24(22)34-15-17(16-34)33(2)3)32-27-28-11-10-21(31-27)19-14-29-20-9-7-6-8-18(19)20/h5-14,17,29H,1,15-16H2,2-4H3,(H,30,35)(H,28,31,32). The van der Waals surface area contributed by atoms with E-state index in [1.807, 2.05) is 42.6 Å². The van der Waals surface area contributed by atoms with Gasteiger partial charge in [-0.2, -0.15) is 0 Å². The highest BCUT2D eigenvalue weighted by Crippen LogP contribution is 2.40. The first-order valence-electron chi connectivity index (χ1n) is 11.7. The van der Waals surface area contributed by atoms with Crippen molar-refractivity contribution in [3.63, 3.8) is 0 Å². The third kappa shape index (κ3) is 4.48. The van der Waals surface area contributed by atoms with Crippen LogP contribution in [-0.2, 0) is 4.79 Å². The van der Waals surface area contributed by atoms with Crippen LogP contribution in [0.2, 0.25) is 0 Å². The van der Waals surface area contributed by atoms with Crippen molar-refractivity contribution >= 4 is 39.8 Å². The van der Waals surface area contributed by atoms with E-state index in [2.05, 4.69) is 57.1 Å². The third-order valence-corrected chi connectivity index (χ3v) is 6.46. The number of anilines is 4. The van der Waals surface area contributed by atoms with Crippen LogP contribution in [0.15, 0.2) is 67.5 Å². The van der Waals surface area contributed by atoms with E-state index in [9.17, 15) is 4.79 Å². The Hall–Kier alpha value is -4.37. The van der Waals surface area contributed by atoms with Crippen molar-refractivity contribution in [1.82, 2.24) is 19.9 Å². The number of benzene rings is 2. The van der Waals surface area contributed by atoms with Crippen LogP contribution in [-0.4, -0.2) is 66.1 Å². The molecule has 1 aliphatic rings. The Labute approximate surface area is 209 Å². The Kier molecular flexibility index (Phi) is 6.30. The molecule has 0 unspecified atom stereocenters. The molecule has 3 heterocycles. The fourth-order valence-corrected chi connectivity index (χ4v) is 4.33. The summed E-state index contributed by atoms with van der Waals surface area (Å²) in [4.78, 5) is 29.1. The molecule has 0 radical (unpaired) electrons. The van der Waals surface area contributed by atoms with Crippen LogP contribution >= 0.6 is 0 Å². The van der Waals surface area contributed by atoms with Crippen molar-refractivity contribution in [2.75, 3.05) is 49.8 Å². The van der Waals surface area contributed by atoms with Gasteiger partial charge in [0.15, 0.2) is 0 Å². The highest BCUT2D eigenvalue weighted by atomic mass is 16.5. The fourth-order valence-electron chi connectivity index (χ4n) is 4.33. The number of aromatic nitrogens is 3. The van der Waals surface area contributed by atoms with E-state index >= 15 is 0 Å². The molecule has 5 rings (SSSR count). The van der Waals surface area contributed by atoms with Crippen LogP contribution in [0.4, 0.5) is 23.0 Å². The molecule has 0 spiro atoms. The quantitative estimate of drug-likeness (QED) is 0.322. The van der Waals surface area contributed by atoms with Gasteiger partial charge in [0.1, 0.15) is 5.75 Å². The van der Waals surface area contributed by atoms with Gasteiger partial charge in [0.2, 0.25) is 11.9 Å². The minimum absolute atomic E-state index is 0.283. The number of likely N-dealkylation sites (N-methyl/N-ethyl adjacent to an activating group) is 1. The SMILES string of the molecule is C=CC(=O)Nc1cc(Nc2nccc(-c3c[nH]c4ccccc34)n2)c(OC)cc1N1CC(N(C)C)C1. The monoisotopic (exact) mass is 483 g/mol. The molecule has 184 valence electrons. The normalized spacial score (nSPS) is 13.5. The molecule has 36 heavy (non-hydrogen) atoms. The smallest absolute Gasteiger partial charge is 0.247 e. The van der Waals surface area contributed by atoms with Crippen molar-refractivity contribution in [3.8, 4) is 17.0 Å². The van der Waals surface area contributed by atoms with Crippen molar-refractivity contribution in [3.05, 3.63) is 67.5 Å². The lowest BCUT2D eigenvalue weighted by Crippen LogP contribution is -2.57. The highest BCUT2D eigenvalue weighted by molar-refractivity contribution is 6.02. The Morgan fingerprint density at radius 2 is 2.03 bits per heavy atom. The number of aromatic amines is 1. The summed E-state index contributed by atoms with van der Waals surface area (Å²) >= 11 is 0. The van der Waals surface area contributed by atoms with Crippen LogP contribution in [0.25, 0.3) is 22.2 Å². The average Bonchev–Trinajstić information content (AvgIpc) is 3.28. The van der Waals surface area contributed by atoms with Crippen LogP contribution in [0.5, 0.6) is 5.75 Å². The van der Waals surface area contributed by atoms with Crippen molar-refractivity contribution in [1.29, 1.82) is 0 Å². The summed E-state index contributed by atoms with van der Waals surface area (Å²) in [6.07, 6.45) is 4.92. The Morgan fingerprint density at radius 1 is 1.22 bits per heavy atom. The highest BCUT2D eigenvalue weighted by Gasteiger charge is 2.31. The number of nitrogens with one attached hydrogen (secondary N) is 3. The number of fused-ring (bicyclic) bond motifs is 1. The lowest BCUT2D eigenvalue weighted by atomic mass is 10.0. The second-order valence-electron chi connectivity index (χ2n) is 8.92. The number of rotatable bonds is 8. The molecule has 2 aromatic carbocycles. The van der Waals surface area contributed by atoms with Gasteiger partial charge in [-0.3, -0.25) is 4.79 Å². The van der Waals surface area contributed by atoms with Gasteiger partial charge < -0.3 is 30.2 Å². The van der Waals surface area contributed by atoms with E-state index in [0.717, 1.165) is 40.9 Å². The van der Waals surface area contributed by atoms with Gasteiger partial charge in [0.05, 0.1) is 29.9 Å². The van der Waals surface area contributed by atoms with E-state index < -0.39 is 0 Å². The van der Waals surface area contributed by atoms with E-state index in [0.29, 0.717) is 29.1 Å². The molecule has 1 amide bonds. The molecule has 0 atom stereocenters. The van der Waals surface area contributed by atoms with Crippen molar-refractivity contribution in [2.24, 2.45) is 0 Å². The molecular formula is C27H29N7O2. The zero-order chi connectivity index (χ0) is 25.2. The van der Waals surface area contributed by atoms with E-state index in [-0.39, 0.29) is 5.91 Å². The largest absolute Gasteiger partial charge is 0.494 e. The predicted octanol–water partition coefficient (Wildman–Crippen LogP) is 4.25. The molecule has 3 N–H and O–H groups in total. The molecule has 0 saturated carbocycles. The Morgan fingerprint density at radius 3 is 2.78 bits per heavy atom. The molecule has 0 bridgehead atoms. The molecule has 1 aliphatic heterocycles. The van der Waals surface area contributed by atoms with Crippen molar-refractivity contribution in [2.45, 2.75) is 6.04 Å². The maximum atomic E-state index is 12.2. The molecule has 0 aliphatic carbocycles. The first-order valence-corrected chi connectivity index (χ1v) is 11.7. The minimum atomic E-state index is -0.283. The molecule has 1 fully saturated rings. The van der Waals surface area contributed by atoms with Gasteiger partial charge in [-0.25, -0.2) is 9.97 Å². The van der Waals surface area contributed by atoms with Gasteiger partial charge in [-0.1, -0.05) is 24.8 Å². The molecular weight excluding hydrogens is 454 g/mol. The van der Waals surface area contributed by atoms with Gasteiger partial charge >= 0.3 is 0 Å². The molecule has 9 nitrogen and oxygen atoms in total. The van der Waals surface area contributed by atoms with Crippen LogP contribution in [0.1, 0.15) is 0 Å². The topological polar surface area (TPSA) is 98.4 Å². The lowest BCUT2D eigenvalue weighted by Gasteiger charge is -2.45. The summed E-state index contributed by atoms with van der Waals surface area (Å²) in [6.45, 7) is 5.30. The van der Waals surface area contributed by atoms with Gasteiger partial charge in [-0.15, -0.1) is 0 Å². The lowest BCUT2D eigenvalue weighted by molar-refractivity contribution is -0.111. The number of ether oxygens (including phenoxy) is 1. The summed E-state index contributed by atoms with van der Waals surface area (Å²) in [5, 5.41) is 7.29. The summed E-state index contributed by atoms with van der Waals surface area (Å²) in [6, 6.07) is 14.2. The summed E-state index contributed by atoms with van der Waals surface area (Å²) in [5.41, 5.74) is 5.01. The van der Waals surface area contributed by atoms with Crippen LogP contribution in [0, 0.1) is 0 Å².